The number of hydrogen-bond donors (Lipinski definition) is 0. The maximum Gasteiger partial charge on any atom is 0.235 e. The van der Waals surface area contributed by atoms with E-state index in [2.05, 4.69) is 0 Å². The predicted molar refractivity (Wildman–Crippen MR) is 87.2 cm³/mol. The molecular weight excluding hydrogens is 315 g/mol. The topological polar surface area (TPSA) is 40.6 Å². The molecule has 2 saturated heterocycles. The van der Waals surface area contributed by atoms with Gasteiger partial charge in [0.2, 0.25) is 11.8 Å². The van der Waals surface area contributed by atoms with Crippen molar-refractivity contribution in [2.24, 2.45) is 11.3 Å². The van der Waals surface area contributed by atoms with Crippen LogP contribution >= 0.6 is 11.3 Å². The van der Waals surface area contributed by atoms with E-state index < -0.39 is 11.6 Å². The molecule has 2 amide bonds. The van der Waals surface area contributed by atoms with Gasteiger partial charge < -0.3 is 9.80 Å². The van der Waals surface area contributed by atoms with Crippen LogP contribution in [0.25, 0.3) is 0 Å². The summed E-state index contributed by atoms with van der Waals surface area (Å²) in [7, 11) is 0. The molecule has 1 unspecified atom stereocenters. The molecule has 1 aromatic rings. The minimum Gasteiger partial charge on any atom is -0.341 e. The largest absolute Gasteiger partial charge is 0.341 e. The van der Waals surface area contributed by atoms with Crippen LogP contribution in [0.3, 0.4) is 0 Å². The molecule has 1 spiro atoms. The molecule has 0 bridgehead atoms. The Morgan fingerprint density at radius 1 is 1.30 bits per heavy atom. The van der Waals surface area contributed by atoms with Crippen molar-refractivity contribution in [3.63, 3.8) is 0 Å². The van der Waals surface area contributed by atoms with Crippen molar-refractivity contribution < 1.29 is 14.0 Å². The number of piperidine rings is 1. The summed E-state index contributed by atoms with van der Waals surface area (Å²) < 4.78 is 13.0. The summed E-state index contributed by atoms with van der Waals surface area (Å²) in [5.74, 6) is 0.0507. The van der Waals surface area contributed by atoms with E-state index in [1.165, 1.54) is 0 Å². The third kappa shape index (κ3) is 2.47. The Hall–Kier alpha value is -1.43. The molecule has 23 heavy (non-hydrogen) atoms. The van der Waals surface area contributed by atoms with Gasteiger partial charge in [0.1, 0.15) is 6.17 Å². The van der Waals surface area contributed by atoms with E-state index in [0.717, 1.165) is 31.5 Å². The fraction of sp³-hybridized carbons (Fsp3) is 0.647. The van der Waals surface area contributed by atoms with E-state index in [4.69, 9.17) is 0 Å². The molecule has 4 rings (SSSR count). The van der Waals surface area contributed by atoms with E-state index in [0.29, 0.717) is 25.9 Å². The van der Waals surface area contributed by atoms with Gasteiger partial charge in [-0.05, 0) is 43.6 Å². The number of nitrogens with zero attached hydrogens (tertiary/aromatic N) is 2. The van der Waals surface area contributed by atoms with Gasteiger partial charge in [0.05, 0.1) is 11.1 Å². The van der Waals surface area contributed by atoms with E-state index in [9.17, 15) is 14.0 Å². The Morgan fingerprint density at radius 3 is 2.83 bits per heavy atom. The van der Waals surface area contributed by atoms with E-state index in [1.54, 1.807) is 11.3 Å². The molecule has 1 saturated carbocycles. The van der Waals surface area contributed by atoms with Crippen LogP contribution in [0.4, 0.5) is 10.1 Å². The number of alkyl halides is 1. The van der Waals surface area contributed by atoms with Gasteiger partial charge in [-0.3, -0.25) is 9.59 Å². The summed E-state index contributed by atoms with van der Waals surface area (Å²) >= 11 is 1.59. The molecule has 4 nitrogen and oxygen atoms in total. The Balaban J connectivity index is 1.48. The number of likely N-dealkylation sites (tertiary alicyclic amines) is 1. The summed E-state index contributed by atoms with van der Waals surface area (Å²) in [6.07, 6.45) is 2.43. The summed E-state index contributed by atoms with van der Waals surface area (Å²) in [5, 5.41) is 3.98. The molecule has 124 valence electrons. The lowest BCUT2D eigenvalue weighted by molar-refractivity contribution is -0.146. The maximum atomic E-state index is 13.0. The van der Waals surface area contributed by atoms with Crippen molar-refractivity contribution in [1.82, 2.24) is 4.90 Å². The second kappa shape index (κ2) is 5.58. The SMILES string of the molecule is O=C(C1CC(F)C1)N1CCCC2(CCN(c3ccsc3)C2=O)C1. The fourth-order valence-corrected chi connectivity index (χ4v) is 4.83. The Morgan fingerprint density at radius 2 is 2.13 bits per heavy atom. The highest BCUT2D eigenvalue weighted by atomic mass is 32.1. The number of carbonyl (C=O) groups excluding carboxylic acids is 2. The highest BCUT2D eigenvalue weighted by molar-refractivity contribution is 7.08. The molecular formula is C17H21FN2O2S. The van der Waals surface area contributed by atoms with Crippen LogP contribution < -0.4 is 4.90 Å². The van der Waals surface area contributed by atoms with Crippen LogP contribution in [0.15, 0.2) is 16.8 Å². The van der Waals surface area contributed by atoms with Gasteiger partial charge in [0.25, 0.3) is 0 Å². The minimum absolute atomic E-state index is 0.0553. The monoisotopic (exact) mass is 336 g/mol. The van der Waals surface area contributed by atoms with Gasteiger partial charge in [-0.2, -0.15) is 11.3 Å². The van der Waals surface area contributed by atoms with Crippen LogP contribution in [0.1, 0.15) is 32.1 Å². The highest BCUT2D eigenvalue weighted by Crippen LogP contribution is 2.43. The summed E-state index contributed by atoms with van der Waals surface area (Å²) in [6.45, 7) is 1.95. The second-order valence-electron chi connectivity index (χ2n) is 7.10. The molecule has 1 atom stereocenters. The second-order valence-corrected chi connectivity index (χ2v) is 7.88. The predicted octanol–water partition coefficient (Wildman–Crippen LogP) is 2.84. The minimum atomic E-state index is -0.815. The zero-order valence-electron chi connectivity index (χ0n) is 13.0. The van der Waals surface area contributed by atoms with E-state index in [-0.39, 0.29) is 17.7 Å². The van der Waals surface area contributed by atoms with Crippen LogP contribution in [0.2, 0.25) is 0 Å². The standard InChI is InChI=1S/C17H21FN2O2S/c18-13-8-12(9-13)15(21)19-5-1-3-17(11-19)4-6-20(16(17)22)14-2-7-23-10-14/h2,7,10,12-13H,1,3-6,8-9,11H2. The molecule has 0 N–H and O–H groups in total. The normalized spacial score (nSPS) is 34.0. The average molecular weight is 336 g/mol. The summed E-state index contributed by atoms with van der Waals surface area (Å²) in [5.41, 5.74) is 0.550. The number of thiophene rings is 1. The third-order valence-electron chi connectivity index (χ3n) is 5.65. The Bertz CT molecular complexity index is 614. The Kier molecular flexibility index (Phi) is 3.67. The van der Waals surface area contributed by atoms with Crippen molar-refractivity contribution in [2.45, 2.75) is 38.3 Å². The zero-order valence-corrected chi connectivity index (χ0v) is 13.9. The van der Waals surface area contributed by atoms with Crippen molar-refractivity contribution in [3.05, 3.63) is 16.8 Å². The molecule has 3 aliphatic rings. The van der Waals surface area contributed by atoms with Crippen LogP contribution in [0, 0.1) is 11.3 Å². The first-order valence-electron chi connectivity index (χ1n) is 8.36. The summed E-state index contributed by atoms with van der Waals surface area (Å²) in [4.78, 5) is 29.2. The van der Waals surface area contributed by atoms with Gasteiger partial charge in [-0.1, -0.05) is 0 Å². The lowest BCUT2D eigenvalue weighted by Crippen LogP contribution is -2.52. The smallest absolute Gasteiger partial charge is 0.235 e. The molecule has 0 radical (unpaired) electrons. The molecule has 6 heteroatoms. The Labute approximate surface area is 139 Å². The van der Waals surface area contributed by atoms with Crippen molar-refractivity contribution in [3.8, 4) is 0 Å². The van der Waals surface area contributed by atoms with E-state index in [1.807, 2.05) is 26.6 Å². The number of rotatable bonds is 2. The molecule has 1 aliphatic carbocycles. The van der Waals surface area contributed by atoms with Crippen LogP contribution in [0.5, 0.6) is 0 Å². The first kappa shape index (κ1) is 15.1. The summed E-state index contributed by atoms with van der Waals surface area (Å²) in [6, 6.07) is 1.98. The van der Waals surface area contributed by atoms with Gasteiger partial charge in [-0.15, -0.1) is 0 Å². The third-order valence-corrected chi connectivity index (χ3v) is 6.32. The maximum absolute atomic E-state index is 13.0. The quantitative estimate of drug-likeness (QED) is 0.833. The van der Waals surface area contributed by atoms with Crippen molar-refractivity contribution >= 4 is 28.8 Å². The van der Waals surface area contributed by atoms with Gasteiger partial charge in [-0.25, -0.2) is 4.39 Å². The first-order valence-corrected chi connectivity index (χ1v) is 9.30. The number of halogens is 1. The van der Waals surface area contributed by atoms with Gasteiger partial charge >= 0.3 is 0 Å². The number of anilines is 1. The van der Waals surface area contributed by atoms with Crippen molar-refractivity contribution in [1.29, 1.82) is 0 Å². The van der Waals surface area contributed by atoms with Gasteiger partial charge in [0, 0.05) is 30.9 Å². The fourth-order valence-electron chi connectivity index (χ4n) is 4.18. The molecule has 2 aliphatic heterocycles. The highest BCUT2D eigenvalue weighted by Gasteiger charge is 2.51. The van der Waals surface area contributed by atoms with E-state index >= 15 is 0 Å². The van der Waals surface area contributed by atoms with Crippen molar-refractivity contribution in [2.75, 3.05) is 24.5 Å². The zero-order chi connectivity index (χ0) is 16.0. The first-order chi connectivity index (χ1) is 11.1. The molecule has 0 aromatic carbocycles. The molecule has 1 aromatic heterocycles. The van der Waals surface area contributed by atoms with Gasteiger partial charge in [0.15, 0.2) is 0 Å². The molecule has 3 fully saturated rings. The molecule has 3 heterocycles. The number of amides is 2. The number of carbonyl (C=O) groups is 2. The lowest BCUT2D eigenvalue weighted by Gasteiger charge is -2.42. The van der Waals surface area contributed by atoms with Crippen LogP contribution in [-0.2, 0) is 9.59 Å². The average Bonchev–Trinajstić information content (AvgIpc) is 3.14. The lowest BCUT2D eigenvalue weighted by atomic mass is 9.76. The van der Waals surface area contributed by atoms with Crippen LogP contribution in [-0.4, -0.2) is 42.5 Å². The number of hydrogen-bond acceptors (Lipinski definition) is 3.